The van der Waals surface area contributed by atoms with Gasteiger partial charge in [-0.05, 0) is 69.1 Å². The zero-order valence-electron chi connectivity index (χ0n) is 12.3. The molecule has 0 amide bonds. The molecule has 0 spiro atoms. The molecule has 0 aromatic carbocycles. The van der Waals surface area contributed by atoms with Gasteiger partial charge in [0.25, 0.3) is 0 Å². The fraction of sp³-hybridized carbons (Fsp3) is 0.882. The van der Waals surface area contributed by atoms with Crippen LogP contribution in [0.1, 0.15) is 71.6 Å². The summed E-state index contributed by atoms with van der Waals surface area (Å²) in [5.41, 5.74) is 8.13. The van der Waals surface area contributed by atoms with E-state index >= 15 is 0 Å². The molecule has 2 N–H and O–H groups in total. The van der Waals surface area contributed by atoms with Gasteiger partial charge in [-0.3, -0.25) is 0 Å². The van der Waals surface area contributed by atoms with Crippen LogP contribution in [0.25, 0.3) is 0 Å². The Balaban J connectivity index is 1.86. The summed E-state index contributed by atoms with van der Waals surface area (Å²) in [5, 5.41) is 0. The van der Waals surface area contributed by atoms with Crippen LogP contribution in [0.15, 0.2) is 11.6 Å². The van der Waals surface area contributed by atoms with Crippen molar-refractivity contribution in [1.82, 2.24) is 0 Å². The summed E-state index contributed by atoms with van der Waals surface area (Å²) in [6, 6.07) is 0.371. The molecule has 104 valence electrons. The highest BCUT2D eigenvalue weighted by molar-refractivity contribution is 5.13. The van der Waals surface area contributed by atoms with Gasteiger partial charge in [0.15, 0.2) is 0 Å². The zero-order chi connectivity index (χ0) is 13.0. The summed E-state index contributed by atoms with van der Waals surface area (Å²) in [6.07, 6.45) is 14.7. The first kappa shape index (κ1) is 14.1. The minimum atomic E-state index is 0.371. The molecule has 1 nitrogen and oxygen atoms in total. The van der Waals surface area contributed by atoms with Crippen molar-refractivity contribution < 1.29 is 0 Å². The second-order valence-corrected chi connectivity index (χ2v) is 6.82. The van der Waals surface area contributed by atoms with Gasteiger partial charge >= 0.3 is 0 Å². The Morgan fingerprint density at radius 2 is 1.67 bits per heavy atom. The van der Waals surface area contributed by atoms with E-state index in [4.69, 9.17) is 5.73 Å². The lowest BCUT2D eigenvalue weighted by atomic mass is 9.73. The maximum Gasteiger partial charge on any atom is 0.0282 e. The third-order valence-corrected chi connectivity index (χ3v) is 5.27. The van der Waals surface area contributed by atoms with E-state index in [0.717, 1.165) is 17.8 Å². The summed E-state index contributed by atoms with van der Waals surface area (Å²) >= 11 is 0. The first-order valence-corrected chi connectivity index (χ1v) is 8.13. The third kappa shape index (κ3) is 3.60. The average molecular weight is 249 g/mol. The van der Waals surface area contributed by atoms with Crippen LogP contribution in [-0.4, -0.2) is 6.04 Å². The average Bonchev–Trinajstić information content (AvgIpc) is 2.67. The molecule has 0 aromatic heterocycles. The quantitative estimate of drug-likeness (QED) is 0.723. The topological polar surface area (TPSA) is 26.0 Å². The second-order valence-electron chi connectivity index (χ2n) is 6.82. The van der Waals surface area contributed by atoms with Crippen LogP contribution in [0.4, 0.5) is 0 Å². The van der Waals surface area contributed by atoms with E-state index in [1.165, 1.54) is 57.8 Å². The molecular formula is C17H31N. The lowest BCUT2D eigenvalue weighted by Crippen LogP contribution is -2.35. The second kappa shape index (κ2) is 6.75. The summed E-state index contributed by atoms with van der Waals surface area (Å²) in [7, 11) is 0. The van der Waals surface area contributed by atoms with Crippen LogP contribution in [0.5, 0.6) is 0 Å². The number of rotatable bonds is 3. The Kier molecular flexibility index (Phi) is 5.29. The fourth-order valence-electron chi connectivity index (χ4n) is 3.82. The van der Waals surface area contributed by atoms with Crippen LogP contribution >= 0.6 is 0 Å². The first-order chi connectivity index (χ1) is 8.68. The molecule has 2 aliphatic rings. The van der Waals surface area contributed by atoms with Crippen molar-refractivity contribution in [2.45, 2.75) is 77.7 Å². The number of hydrogen-bond acceptors (Lipinski definition) is 1. The van der Waals surface area contributed by atoms with E-state index in [0.29, 0.717) is 6.04 Å². The lowest BCUT2D eigenvalue weighted by Gasteiger charge is -2.35. The molecule has 1 atom stereocenters. The minimum Gasteiger partial charge on any atom is -0.324 e. The normalized spacial score (nSPS) is 31.9. The van der Waals surface area contributed by atoms with Crippen LogP contribution in [0.2, 0.25) is 0 Å². The van der Waals surface area contributed by atoms with Crippen molar-refractivity contribution in [3.05, 3.63) is 11.6 Å². The maximum absolute atomic E-state index is 6.55. The van der Waals surface area contributed by atoms with E-state index in [-0.39, 0.29) is 0 Å². The molecule has 0 radical (unpaired) electrons. The Morgan fingerprint density at radius 1 is 1.00 bits per heavy atom. The van der Waals surface area contributed by atoms with Crippen molar-refractivity contribution in [3.63, 3.8) is 0 Å². The SMILES string of the molecule is CC(C)C1CCC(C(N)C2=CCCCCC2)CC1. The molecule has 0 saturated heterocycles. The molecular weight excluding hydrogens is 218 g/mol. The largest absolute Gasteiger partial charge is 0.324 e. The van der Waals surface area contributed by atoms with Gasteiger partial charge in [-0.1, -0.05) is 31.9 Å². The van der Waals surface area contributed by atoms with Crippen LogP contribution < -0.4 is 5.73 Å². The van der Waals surface area contributed by atoms with Gasteiger partial charge < -0.3 is 5.73 Å². The number of hydrogen-bond donors (Lipinski definition) is 1. The van der Waals surface area contributed by atoms with Gasteiger partial charge in [0.1, 0.15) is 0 Å². The molecule has 0 heterocycles. The van der Waals surface area contributed by atoms with E-state index in [2.05, 4.69) is 19.9 Å². The van der Waals surface area contributed by atoms with Gasteiger partial charge in [-0.15, -0.1) is 0 Å². The highest BCUT2D eigenvalue weighted by Crippen LogP contribution is 2.36. The molecule has 0 aromatic rings. The molecule has 2 rings (SSSR count). The molecule has 0 bridgehead atoms. The highest BCUT2D eigenvalue weighted by atomic mass is 14.7. The predicted molar refractivity (Wildman–Crippen MR) is 79.4 cm³/mol. The molecule has 1 heteroatoms. The number of allylic oxidation sites excluding steroid dienone is 1. The van der Waals surface area contributed by atoms with Crippen molar-refractivity contribution in [2.24, 2.45) is 23.5 Å². The molecule has 18 heavy (non-hydrogen) atoms. The van der Waals surface area contributed by atoms with Gasteiger partial charge in [0.05, 0.1) is 0 Å². The van der Waals surface area contributed by atoms with Crippen LogP contribution in [0, 0.1) is 17.8 Å². The summed E-state index contributed by atoms with van der Waals surface area (Å²) < 4.78 is 0. The van der Waals surface area contributed by atoms with Gasteiger partial charge in [-0.25, -0.2) is 0 Å². The summed E-state index contributed by atoms with van der Waals surface area (Å²) in [6.45, 7) is 4.75. The van der Waals surface area contributed by atoms with E-state index in [9.17, 15) is 0 Å². The van der Waals surface area contributed by atoms with E-state index in [1.807, 2.05) is 0 Å². The third-order valence-electron chi connectivity index (χ3n) is 5.27. The molecule has 1 fully saturated rings. The smallest absolute Gasteiger partial charge is 0.0282 e. The molecule has 1 saturated carbocycles. The predicted octanol–water partition coefficient (Wildman–Crippen LogP) is 4.67. The zero-order valence-corrected chi connectivity index (χ0v) is 12.3. The first-order valence-electron chi connectivity index (χ1n) is 8.13. The van der Waals surface area contributed by atoms with Crippen molar-refractivity contribution >= 4 is 0 Å². The highest BCUT2D eigenvalue weighted by Gasteiger charge is 2.28. The standard InChI is InChI=1S/C17H31N/c1-13(2)14-9-11-16(12-10-14)17(18)15-7-5-3-4-6-8-15/h7,13-14,16-17H,3-6,8-12,18H2,1-2H3. The Labute approximate surface area is 113 Å². The summed E-state index contributed by atoms with van der Waals surface area (Å²) in [5.74, 6) is 2.58. The summed E-state index contributed by atoms with van der Waals surface area (Å²) in [4.78, 5) is 0. The maximum atomic E-state index is 6.55. The molecule has 2 aliphatic carbocycles. The number of nitrogens with two attached hydrogens (primary N) is 1. The Morgan fingerprint density at radius 3 is 2.33 bits per heavy atom. The monoisotopic (exact) mass is 249 g/mol. The minimum absolute atomic E-state index is 0.371. The van der Waals surface area contributed by atoms with Gasteiger partial charge in [0, 0.05) is 6.04 Å². The van der Waals surface area contributed by atoms with Crippen molar-refractivity contribution in [1.29, 1.82) is 0 Å². The van der Waals surface area contributed by atoms with Crippen molar-refractivity contribution in [3.8, 4) is 0 Å². The Hall–Kier alpha value is -0.300. The van der Waals surface area contributed by atoms with Crippen LogP contribution in [0.3, 0.4) is 0 Å². The van der Waals surface area contributed by atoms with Gasteiger partial charge in [0.2, 0.25) is 0 Å². The van der Waals surface area contributed by atoms with Crippen LogP contribution in [-0.2, 0) is 0 Å². The molecule has 0 aliphatic heterocycles. The lowest BCUT2D eigenvalue weighted by molar-refractivity contribution is 0.210. The molecule has 1 unspecified atom stereocenters. The fourth-order valence-corrected chi connectivity index (χ4v) is 3.82. The van der Waals surface area contributed by atoms with E-state index < -0.39 is 0 Å². The van der Waals surface area contributed by atoms with E-state index in [1.54, 1.807) is 5.57 Å². The van der Waals surface area contributed by atoms with Gasteiger partial charge in [-0.2, -0.15) is 0 Å². The Bertz CT molecular complexity index is 271. The van der Waals surface area contributed by atoms with Crippen molar-refractivity contribution in [2.75, 3.05) is 0 Å².